The Bertz CT molecular complexity index is 68.0. The first-order valence-corrected chi connectivity index (χ1v) is 2.41. The quantitative estimate of drug-likeness (QED) is 0.426. The monoisotopic (exact) mass is 83.0 g/mol. The van der Waals surface area contributed by atoms with E-state index in [1.807, 2.05) is 6.61 Å². The minimum Gasteiger partial charge on any atom is -0.369 e. The summed E-state index contributed by atoms with van der Waals surface area (Å²) in [7, 11) is 0. The Morgan fingerprint density at radius 1 is 1.50 bits per heavy atom. The van der Waals surface area contributed by atoms with Crippen molar-refractivity contribution in [3.63, 3.8) is 0 Å². The van der Waals surface area contributed by atoms with Crippen LogP contribution >= 0.6 is 0 Å². The zero-order valence-electron chi connectivity index (χ0n) is 3.61. The van der Waals surface area contributed by atoms with Crippen LogP contribution in [0.5, 0.6) is 0 Å². The lowest BCUT2D eigenvalue weighted by Gasteiger charge is -2.24. The summed E-state index contributed by atoms with van der Waals surface area (Å²) in [5.74, 6) is 0. The average molecular weight is 83.1 g/mol. The third-order valence-electron chi connectivity index (χ3n) is 1.60. The van der Waals surface area contributed by atoms with E-state index < -0.39 is 0 Å². The van der Waals surface area contributed by atoms with Crippen LogP contribution in [0, 0.1) is 6.61 Å². The van der Waals surface area contributed by atoms with Gasteiger partial charge >= 0.3 is 0 Å². The van der Waals surface area contributed by atoms with E-state index in [2.05, 4.69) is 0 Å². The summed E-state index contributed by atoms with van der Waals surface area (Å²) in [4.78, 5) is 0. The number of ether oxygens (including phenoxy) is 1. The lowest BCUT2D eigenvalue weighted by molar-refractivity contribution is -0.0145. The molecule has 0 aromatic rings. The van der Waals surface area contributed by atoms with Crippen molar-refractivity contribution < 1.29 is 4.74 Å². The molecule has 1 heterocycles. The lowest BCUT2D eigenvalue weighted by Crippen LogP contribution is -2.23. The molecule has 0 aromatic carbocycles. The molecule has 1 saturated carbocycles. The first kappa shape index (κ1) is 3.03. The van der Waals surface area contributed by atoms with Crippen LogP contribution < -0.4 is 0 Å². The van der Waals surface area contributed by atoms with E-state index in [4.69, 9.17) is 4.74 Å². The van der Waals surface area contributed by atoms with Crippen LogP contribution in [-0.2, 0) is 4.74 Å². The molecule has 2 aliphatic rings. The minimum atomic E-state index is 0.417. The van der Waals surface area contributed by atoms with E-state index in [-0.39, 0.29) is 0 Å². The van der Waals surface area contributed by atoms with Crippen LogP contribution in [0.1, 0.15) is 19.3 Å². The molecule has 1 saturated heterocycles. The normalized spacial score (nSPS) is 36.0. The van der Waals surface area contributed by atoms with Crippen LogP contribution in [0.25, 0.3) is 0 Å². The van der Waals surface area contributed by atoms with Crippen LogP contribution in [0.4, 0.5) is 0 Å². The molecule has 1 nitrogen and oxygen atoms in total. The average Bonchev–Trinajstić information content (AvgIpc) is 2.02. The highest BCUT2D eigenvalue weighted by atomic mass is 16.5. The third kappa shape index (κ3) is 0.207. The van der Waals surface area contributed by atoms with Crippen LogP contribution in [-0.4, -0.2) is 5.60 Å². The summed E-state index contributed by atoms with van der Waals surface area (Å²) in [6.45, 7) is 1.90. The second kappa shape index (κ2) is 0.648. The van der Waals surface area contributed by atoms with Crippen molar-refractivity contribution in [1.29, 1.82) is 0 Å². The van der Waals surface area contributed by atoms with E-state index in [1.165, 1.54) is 19.3 Å². The van der Waals surface area contributed by atoms with Gasteiger partial charge in [0.15, 0.2) is 0 Å². The zero-order valence-corrected chi connectivity index (χ0v) is 3.61. The Labute approximate surface area is 37.3 Å². The molecule has 2 fully saturated rings. The maximum Gasteiger partial charge on any atom is 0.0873 e. The van der Waals surface area contributed by atoms with E-state index in [0.29, 0.717) is 5.60 Å². The Balaban J connectivity index is 2.09. The van der Waals surface area contributed by atoms with Gasteiger partial charge in [0.2, 0.25) is 0 Å². The Morgan fingerprint density at radius 2 is 2.17 bits per heavy atom. The van der Waals surface area contributed by atoms with E-state index in [0.717, 1.165) is 0 Å². The molecule has 0 amide bonds. The summed E-state index contributed by atoms with van der Waals surface area (Å²) < 4.78 is 5.10. The molecule has 1 aliphatic heterocycles. The summed E-state index contributed by atoms with van der Waals surface area (Å²) >= 11 is 0. The largest absolute Gasteiger partial charge is 0.369 e. The minimum absolute atomic E-state index is 0.417. The summed E-state index contributed by atoms with van der Waals surface area (Å²) in [5.41, 5.74) is 0.417. The van der Waals surface area contributed by atoms with Gasteiger partial charge in [-0.15, -0.1) is 0 Å². The molecule has 2 rings (SSSR count). The highest BCUT2D eigenvalue weighted by Crippen LogP contribution is 2.50. The lowest BCUT2D eigenvalue weighted by atomic mass is 10.2. The topological polar surface area (TPSA) is 9.23 Å². The molecule has 0 aromatic heterocycles. The number of hydrogen-bond acceptors (Lipinski definition) is 1. The summed E-state index contributed by atoms with van der Waals surface area (Å²) in [6.07, 6.45) is 3.83. The van der Waals surface area contributed by atoms with Crippen molar-refractivity contribution >= 4 is 0 Å². The molecule has 0 unspecified atom stereocenters. The molecule has 1 aliphatic carbocycles. The molecule has 0 atom stereocenters. The van der Waals surface area contributed by atoms with Gasteiger partial charge in [0.1, 0.15) is 0 Å². The molecule has 1 radical (unpaired) electrons. The first-order chi connectivity index (χ1) is 2.91. The molecule has 0 bridgehead atoms. The molecular weight excluding hydrogens is 76.1 g/mol. The van der Waals surface area contributed by atoms with Gasteiger partial charge < -0.3 is 4.74 Å². The Kier molecular flexibility index (Phi) is 0.327. The Morgan fingerprint density at radius 3 is 2.17 bits per heavy atom. The molecular formula is C5H7O. The van der Waals surface area contributed by atoms with Crippen molar-refractivity contribution in [2.75, 3.05) is 0 Å². The van der Waals surface area contributed by atoms with Crippen molar-refractivity contribution in [3.8, 4) is 0 Å². The second-order valence-corrected chi connectivity index (χ2v) is 2.17. The fourth-order valence-corrected chi connectivity index (χ4v) is 0.780. The maximum absolute atomic E-state index is 5.10. The van der Waals surface area contributed by atoms with Crippen molar-refractivity contribution in [2.45, 2.75) is 24.9 Å². The highest BCUT2D eigenvalue weighted by molar-refractivity contribution is 5.04. The van der Waals surface area contributed by atoms with Gasteiger partial charge in [0.25, 0.3) is 0 Å². The fourth-order valence-electron chi connectivity index (χ4n) is 0.780. The van der Waals surface area contributed by atoms with Gasteiger partial charge in [-0.25, -0.2) is 0 Å². The zero-order chi connectivity index (χ0) is 4.04. The molecule has 6 heavy (non-hydrogen) atoms. The van der Waals surface area contributed by atoms with Gasteiger partial charge in [0, 0.05) is 6.42 Å². The van der Waals surface area contributed by atoms with Gasteiger partial charge in [-0.2, -0.15) is 0 Å². The summed E-state index contributed by atoms with van der Waals surface area (Å²) in [5, 5.41) is 0. The van der Waals surface area contributed by atoms with Gasteiger partial charge in [0.05, 0.1) is 12.2 Å². The van der Waals surface area contributed by atoms with E-state index in [9.17, 15) is 0 Å². The molecule has 1 spiro atoms. The smallest absolute Gasteiger partial charge is 0.0873 e. The van der Waals surface area contributed by atoms with Crippen LogP contribution in [0.3, 0.4) is 0 Å². The van der Waals surface area contributed by atoms with Crippen LogP contribution in [0.2, 0.25) is 0 Å². The first-order valence-electron chi connectivity index (χ1n) is 2.41. The predicted octanol–water partition coefficient (Wildman–Crippen LogP) is 1.10. The predicted molar refractivity (Wildman–Crippen MR) is 22.0 cm³/mol. The van der Waals surface area contributed by atoms with Crippen molar-refractivity contribution in [2.24, 2.45) is 0 Å². The highest BCUT2D eigenvalue weighted by Gasteiger charge is 2.49. The van der Waals surface area contributed by atoms with Crippen molar-refractivity contribution in [3.05, 3.63) is 6.61 Å². The fraction of sp³-hybridized carbons (Fsp3) is 0.800. The van der Waals surface area contributed by atoms with E-state index in [1.54, 1.807) is 0 Å². The molecule has 0 N–H and O–H groups in total. The third-order valence-corrected chi connectivity index (χ3v) is 1.60. The second-order valence-electron chi connectivity index (χ2n) is 2.17. The van der Waals surface area contributed by atoms with Gasteiger partial charge in [-0.05, 0) is 12.8 Å². The number of hydrogen-bond donors (Lipinski definition) is 0. The van der Waals surface area contributed by atoms with Gasteiger partial charge in [-0.1, -0.05) is 0 Å². The Hall–Kier alpha value is -0.0400. The molecule has 1 heteroatoms. The van der Waals surface area contributed by atoms with Crippen molar-refractivity contribution in [1.82, 2.24) is 0 Å². The number of rotatable bonds is 0. The standard InChI is InChI=1S/C5H7O/c1-2-5(1)3-4-6-5/h4H,1-3H2. The van der Waals surface area contributed by atoms with E-state index >= 15 is 0 Å². The summed E-state index contributed by atoms with van der Waals surface area (Å²) in [6, 6.07) is 0. The maximum atomic E-state index is 5.10. The van der Waals surface area contributed by atoms with Crippen LogP contribution in [0.15, 0.2) is 0 Å². The SMILES string of the molecule is [CH]1CC2(CC2)O1. The molecule has 33 valence electrons. The van der Waals surface area contributed by atoms with Gasteiger partial charge in [-0.3, -0.25) is 0 Å².